The zero-order chi connectivity index (χ0) is 7.56. The van der Waals surface area contributed by atoms with Crippen LogP contribution in [-0.4, -0.2) is 4.98 Å². The van der Waals surface area contributed by atoms with E-state index in [1.54, 1.807) is 0 Å². The lowest BCUT2D eigenvalue weighted by Gasteiger charge is -2.02. The van der Waals surface area contributed by atoms with Gasteiger partial charge in [0.2, 0.25) is 0 Å². The fraction of sp³-hybridized carbons (Fsp3) is 0.375. The molecule has 0 bridgehead atoms. The minimum Gasteiger partial charge on any atom is -0.323 e. The van der Waals surface area contributed by atoms with Crippen molar-refractivity contribution in [1.29, 1.82) is 0 Å². The van der Waals surface area contributed by atoms with Gasteiger partial charge in [0.1, 0.15) is 0 Å². The van der Waals surface area contributed by atoms with Gasteiger partial charge in [-0.3, -0.25) is 4.98 Å². The molecule has 2 nitrogen and oxygen atoms in total. The molecule has 0 fully saturated rings. The first-order valence-corrected chi connectivity index (χ1v) is 3.38. The van der Waals surface area contributed by atoms with E-state index in [1.165, 1.54) is 5.56 Å². The quantitative estimate of drug-likeness (QED) is 0.702. The summed E-state index contributed by atoms with van der Waals surface area (Å²) in [5.41, 5.74) is 7.72. The molecule has 0 aliphatic rings. The average molecular weight is 173 g/mol. The second-order valence-corrected chi connectivity index (χ2v) is 2.55. The van der Waals surface area contributed by atoms with Gasteiger partial charge in [0.15, 0.2) is 0 Å². The van der Waals surface area contributed by atoms with Crippen molar-refractivity contribution in [3.05, 3.63) is 29.6 Å². The summed E-state index contributed by atoms with van der Waals surface area (Å²) in [6.07, 6.45) is 1.83. The van der Waals surface area contributed by atoms with Gasteiger partial charge < -0.3 is 5.73 Å². The van der Waals surface area contributed by atoms with Crippen molar-refractivity contribution in [1.82, 2.24) is 4.98 Å². The summed E-state index contributed by atoms with van der Waals surface area (Å²) in [5, 5.41) is 0. The molecule has 1 aromatic rings. The lowest BCUT2D eigenvalue weighted by atomic mass is 10.2. The molecule has 1 aromatic heterocycles. The van der Waals surface area contributed by atoms with E-state index in [1.807, 2.05) is 32.2 Å². The highest BCUT2D eigenvalue weighted by Gasteiger charge is 1.97. The fourth-order valence-corrected chi connectivity index (χ4v) is 0.749. The van der Waals surface area contributed by atoms with Crippen LogP contribution < -0.4 is 5.73 Å². The van der Waals surface area contributed by atoms with Gasteiger partial charge in [-0.1, -0.05) is 6.07 Å². The monoisotopic (exact) mass is 172 g/mol. The Morgan fingerprint density at radius 2 is 2.09 bits per heavy atom. The third-order valence-corrected chi connectivity index (χ3v) is 1.40. The van der Waals surface area contributed by atoms with Crippen molar-refractivity contribution in [3.63, 3.8) is 0 Å². The summed E-state index contributed by atoms with van der Waals surface area (Å²) in [6.45, 7) is 3.94. The van der Waals surface area contributed by atoms with Crippen molar-refractivity contribution < 1.29 is 0 Å². The Labute approximate surface area is 73.2 Å². The van der Waals surface area contributed by atoms with Crippen LogP contribution in [0.25, 0.3) is 0 Å². The van der Waals surface area contributed by atoms with E-state index >= 15 is 0 Å². The Morgan fingerprint density at radius 1 is 1.45 bits per heavy atom. The molecule has 0 radical (unpaired) electrons. The highest BCUT2D eigenvalue weighted by atomic mass is 35.5. The molecule has 1 unspecified atom stereocenters. The first-order chi connectivity index (χ1) is 4.70. The molecule has 1 heterocycles. The van der Waals surface area contributed by atoms with Crippen molar-refractivity contribution in [3.8, 4) is 0 Å². The zero-order valence-corrected chi connectivity index (χ0v) is 7.56. The van der Waals surface area contributed by atoms with Crippen LogP contribution in [0, 0.1) is 6.92 Å². The summed E-state index contributed by atoms with van der Waals surface area (Å²) in [5.74, 6) is 0. The Morgan fingerprint density at radius 3 is 2.45 bits per heavy atom. The predicted molar refractivity (Wildman–Crippen MR) is 48.8 cm³/mol. The molecule has 62 valence electrons. The molecule has 0 amide bonds. The Bertz CT molecular complexity index is 206. The number of rotatable bonds is 1. The average Bonchev–Trinajstić information content (AvgIpc) is 1.88. The topological polar surface area (TPSA) is 38.9 Å². The SMILES string of the molecule is Cc1ccc(C(C)N)nc1.Cl. The summed E-state index contributed by atoms with van der Waals surface area (Å²) >= 11 is 0. The lowest BCUT2D eigenvalue weighted by Crippen LogP contribution is -2.06. The van der Waals surface area contributed by atoms with Crippen molar-refractivity contribution in [2.45, 2.75) is 19.9 Å². The van der Waals surface area contributed by atoms with Crippen LogP contribution in [0.4, 0.5) is 0 Å². The molecule has 0 aromatic carbocycles. The number of halogens is 1. The molecule has 2 N–H and O–H groups in total. The maximum Gasteiger partial charge on any atom is 0.0568 e. The minimum atomic E-state index is 0. The molecular formula is C8H13ClN2. The largest absolute Gasteiger partial charge is 0.323 e. The number of pyridine rings is 1. The zero-order valence-electron chi connectivity index (χ0n) is 6.74. The summed E-state index contributed by atoms with van der Waals surface area (Å²) in [7, 11) is 0. The van der Waals surface area contributed by atoms with Gasteiger partial charge in [0, 0.05) is 12.2 Å². The summed E-state index contributed by atoms with van der Waals surface area (Å²) in [6, 6.07) is 4.02. The Hall–Kier alpha value is -0.600. The predicted octanol–water partition coefficient (Wildman–Crippen LogP) is 1.83. The van der Waals surface area contributed by atoms with E-state index in [2.05, 4.69) is 4.98 Å². The van der Waals surface area contributed by atoms with E-state index in [0.717, 1.165) is 5.69 Å². The molecule has 3 heteroatoms. The van der Waals surface area contributed by atoms with Gasteiger partial charge in [-0.25, -0.2) is 0 Å². The number of hydrogen-bond acceptors (Lipinski definition) is 2. The number of aryl methyl sites for hydroxylation is 1. The summed E-state index contributed by atoms with van der Waals surface area (Å²) < 4.78 is 0. The molecule has 1 rings (SSSR count). The third kappa shape index (κ3) is 2.87. The van der Waals surface area contributed by atoms with E-state index in [9.17, 15) is 0 Å². The molecule has 1 atom stereocenters. The van der Waals surface area contributed by atoms with Crippen LogP contribution in [0.15, 0.2) is 18.3 Å². The Balaban J connectivity index is 0.000001000. The third-order valence-electron chi connectivity index (χ3n) is 1.40. The van der Waals surface area contributed by atoms with Crippen molar-refractivity contribution >= 4 is 12.4 Å². The molecule has 0 aliphatic heterocycles. The highest BCUT2D eigenvalue weighted by molar-refractivity contribution is 5.85. The van der Waals surface area contributed by atoms with Crippen LogP contribution in [-0.2, 0) is 0 Å². The number of nitrogens with zero attached hydrogens (tertiary/aromatic N) is 1. The van der Waals surface area contributed by atoms with Crippen LogP contribution in [0.5, 0.6) is 0 Å². The molecule has 0 spiro atoms. The van der Waals surface area contributed by atoms with Gasteiger partial charge in [0.25, 0.3) is 0 Å². The standard InChI is InChI=1S/C8H12N2.ClH/c1-6-3-4-8(7(2)9)10-5-6;/h3-5,7H,9H2,1-2H3;1H. The van der Waals surface area contributed by atoms with E-state index in [-0.39, 0.29) is 18.4 Å². The van der Waals surface area contributed by atoms with Crippen LogP contribution in [0.1, 0.15) is 24.2 Å². The van der Waals surface area contributed by atoms with E-state index in [0.29, 0.717) is 0 Å². The highest BCUT2D eigenvalue weighted by Crippen LogP contribution is 2.05. The number of hydrogen-bond donors (Lipinski definition) is 1. The first-order valence-electron chi connectivity index (χ1n) is 3.38. The second kappa shape index (κ2) is 4.31. The molecule has 0 aliphatic carbocycles. The Kier molecular flexibility index (Phi) is 4.08. The number of nitrogens with two attached hydrogens (primary N) is 1. The minimum absolute atomic E-state index is 0. The molecule has 11 heavy (non-hydrogen) atoms. The first kappa shape index (κ1) is 10.4. The van der Waals surface area contributed by atoms with Gasteiger partial charge >= 0.3 is 0 Å². The van der Waals surface area contributed by atoms with Gasteiger partial charge in [0.05, 0.1) is 5.69 Å². The van der Waals surface area contributed by atoms with Gasteiger partial charge in [-0.2, -0.15) is 0 Å². The number of aromatic nitrogens is 1. The normalized spacial score (nSPS) is 11.9. The van der Waals surface area contributed by atoms with E-state index in [4.69, 9.17) is 5.73 Å². The maximum atomic E-state index is 5.60. The smallest absolute Gasteiger partial charge is 0.0568 e. The molecular weight excluding hydrogens is 160 g/mol. The van der Waals surface area contributed by atoms with Crippen LogP contribution >= 0.6 is 12.4 Å². The molecule has 0 saturated heterocycles. The second-order valence-electron chi connectivity index (χ2n) is 2.55. The van der Waals surface area contributed by atoms with Crippen LogP contribution in [0.3, 0.4) is 0 Å². The van der Waals surface area contributed by atoms with Crippen molar-refractivity contribution in [2.75, 3.05) is 0 Å². The van der Waals surface area contributed by atoms with Gasteiger partial charge in [-0.05, 0) is 25.5 Å². The van der Waals surface area contributed by atoms with E-state index < -0.39 is 0 Å². The fourth-order valence-electron chi connectivity index (χ4n) is 0.749. The van der Waals surface area contributed by atoms with Crippen molar-refractivity contribution in [2.24, 2.45) is 5.73 Å². The van der Waals surface area contributed by atoms with Gasteiger partial charge in [-0.15, -0.1) is 12.4 Å². The van der Waals surface area contributed by atoms with Crippen LogP contribution in [0.2, 0.25) is 0 Å². The summed E-state index contributed by atoms with van der Waals surface area (Å²) in [4.78, 5) is 4.15. The lowest BCUT2D eigenvalue weighted by molar-refractivity contribution is 0.780. The maximum absolute atomic E-state index is 5.60. The molecule has 0 saturated carbocycles.